The molecule has 0 rings (SSSR count). The van der Waals surface area contributed by atoms with Crippen LogP contribution < -0.4 is 0 Å². The van der Waals surface area contributed by atoms with Gasteiger partial charge >= 0.3 is 23.9 Å². The number of carbonyl (C=O) groups is 4. The molecule has 0 radical (unpaired) electrons. The highest BCUT2D eigenvalue weighted by molar-refractivity contribution is 5.80. The van der Waals surface area contributed by atoms with E-state index in [1.165, 1.54) is 89.5 Å². The van der Waals surface area contributed by atoms with Crippen LogP contribution in [0.4, 0.5) is 0 Å². The summed E-state index contributed by atoms with van der Waals surface area (Å²) in [6, 6.07) is 0. The summed E-state index contributed by atoms with van der Waals surface area (Å²) in [4.78, 5) is 49.0. The summed E-state index contributed by atoms with van der Waals surface area (Å²) in [5.41, 5.74) is -1.75. The Kier molecular flexibility index (Phi) is 25.4. The Morgan fingerprint density at radius 2 is 0.978 bits per heavy atom. The van der Waals surface area contributed by atoms with E-state index in [2.05, 4.69) is 13.5 Å². The number of esters is 4. The lowest BCUT2D eigenvalue weighted by molar-refractivity contribution is -0.165. The van der Waals surface area contributed by atoms with E-state index in [-0.39, 0.29) is 45.1 Å². The first-order valence-electron chi connectivity index (χ1n) is 17.8. The third kappa shape index (κ3) is 22.7. The van der Waals surface area contributed by atoms with Gasteiger partial charge in [-0.15, -0.1) is 0 Å². The standard InChI is InChI=1S/C37H66O8/c1-7-10-11-12-13-14-15-16-17-18-19-20-21-22-23-24-28-44-35(41)37(6,9-3)31-36(4,5)34(40)45-30-29-43-33(39)26-25-32(38)42-27-8-2/h8H,2,7,9-31H2,1,3-6H3. The average Bonchev–Trinajstić information content (AvgIpc) is 3.01. The lowest BCUT2D eigenvalue weighted by atomic mass is 9.72. The van der Waals surface area contributed by atoms with Crippen molar-refractivity contribution in [3.05, 3.63) is 12.7 Å². The highest BCUT2D eigenvalue weighted by Crippen LogP contribution is 2.38. The Bertz CT molecular complexity index is 821. The van der Waals surface area contributed by atoms with Crippen molar-refractivity contribution in [2.75, 3.05) is 26.4 Å². The van der Waals surface area contributed by atoms with Gasteiger partial charge < -0.3 is 18.9 Å². The molecule has 0 aliphatic rings. The van der Waals surface area contributed by atoms with Gasteiger partial charge in [0, 0.05) is 0 Å². The van der Waals surface area contributed by atoms with Gasteiger partial charge in [-0.05, 0) is 40.0 Å². The largest absolute Gasteiger partial charge is 0.465 e. The second kappa shape index (κ2) is 26.8. The first-order chi connectivity index (χ1) is 21.5. The molecule has 0 N–H and O–H groups in total. The monoisotopic (exact) mass is 638 g/mol. The lowest BCUT2D eigenvalue weighted by Gasteiger charge is -2.33. The molecule has 1 atom stereocenters. The highest BCUT2D eigenvalue weighted by Gasteiger charge is 2.42. The van der Waals surface area contributed by atoms with Crippen LogP contribution in [-0.2, 0) is 38.1 Å². The SMILES string of the molecule is C=CCOC(=O)CCC(=O)OCCOC(=O)C(C)(C)CC(C)(CC)C(=O)OCCCCCCCCCCCCCCCCCC. The quantitative estimate of drug-likeness (QED) is 0.0332. The molecule has 0 fully saturated rings. The fraction of sp³-hybridized carbons (Fsp3) is 0.838. The van der Waals surface area contributed by atoms with E-state index in [1.54, 1.807) is 13.8 Å². The van der Waals surface area contributed by atoms with Crippen molar-refractivity contribution < 1.29 is 38.1 Å². The van der Waals surface area contributed by atoms with Gasteiger partial charge in [0.05, 0.1) is 30.3 Å². The average molecular weight is 639 g/mol. The fourth-order valence-corrected chi connectivity index (χ4v) is 5.36. The maximum absolute atomic E-state index is 13.0. The van der Waals surface area contributed by atoms with Crippen LogP contribution in [0.1, 0.15) is 163 Å². The van der Waals surface area contributed by atoms with Crippen molar-refractivity contribution in [3.8, 4) is 0 Å². The lowest BCUT2D eigenvalue weighted by Crippen LogP contribution is -2.39. The van der Waals surface area contributed by atoms with Crippen molar-refractivity contribution >= 4 is 23.9 Å². The van der Waals surface area contributed by atoms with E-state index in [0.717, 1.165) is 19.3 Å². The number of rotatable bonds is 30. The molecule has 0 bridgehead atoms. The van der Waals surface area contributed by atoms with E-state index < -0.39 is 28.7 Å². The van der Waals surface area contributed by atoms with Crippen molar-refractivity contribution in [1.29, 1.82) is 0 Å². The zero-order valence-corrected chi connectivity index (χ0v) is 29.5. The number of hydrogen-bond donors (Lipinski definition) is 0. The Morgan fingerprint density at radius 1 is 0.556 bits per heavy atom. The molecule has 8 heteroatoms. The topological polar surface area (TPSA) is 105 Å². The molecule has 0 heterocycles. The Balaban J connectivity index is 4.06. The molecule has 0 saturated heterocycles. The molecule has 1 unspecified atom stereocenters. The van der Waals surface area contributed by atoms with Crippen molar-refractivity contribution in [1.82, 2.24) is 0 Å². The maximum atomic E-state index is 13.0. The van der Waals surface area contributed by atoms with Crippen LogP contribution >= 0.6 is 0 Å². The molecular formula is C37H66O8. The summed E-state index contributed by atoms with van der Waals surface area (Å²) >= 11 is 0. The van der Waals surface area contributed by atoms with Crippen LogP contribution in [0.2, 0.25) is 0 Å². The van der Waals surface area contributed by atoms with Crippen LogP contribution in [0.25, 0.3) is 0 Å². The summed E-state index contributed by atoms with van der Waals surface area (Å²) in [5, 5.41) is 0. The third-order valence-corrected chi connectivity index (χ3v) is 8.36. The Hall–Kier alpha value is -2.38. The van der Waals surface area contributed by atoms with E-state index in [9.17, 15) is 19.2 Å². The van der Waals surface area contributed by atoms with Gasteiger partial charge in [0.1, 0.15) is 19.8 Å². The minimum Gasteiger partial charge on any atom is -0.465 e. The zero-order chi connectivity index (χ0) is 33.8. The molecule has 8 nitrogen and oxygen atoms in total. The number of carbonyl (C=O) groups excluding carboxylic acids is 4. The molecule has 0 aromatic heterocycles. The minimum absolute atomic E-state index is 0.0913. The molecule has 0 aromatic carbocycles. The smallest absolute Gasteiger partial charge is 0.311 e. The molecule has 0 spiro atoms. The predicted molar refractivity (Wildman–Crippen MR) is 180 cm³/mol. The third-order valence-electron chi connectivity index (χ3n) is 8.36. The van der Waals surface area contributed by atoms with E-state index in [4.69, 9.17) is 18.9 Å². The minimum atomic E-state index is -0.934. The Morgan fingerprint density at radius 3 is 1.44 bits per heavy atom. The van der Waals surface area contributed by atoms with Gasteiger partial charge in [-0.25, -0.2) is 0 Å². The number of unbranched alkanes of at least 4 members (excludes halogenated alkanes) is 15. The second-order valence-corrected chi connectivity index (χ2v) is 13.2. The molecule has 0 aliphatic carbocycles. The van der Waals surface area contributed by atoms with Gasteiger partial charge in [0.25, 0.3) is 0 Å². The fourth-order valence-electron chi connectivity index (χ4n) is 5.36. The first kappa shape index (κ1) is 42.6. The summed E-state index contributed by atoms with van der Waals surface area (Å²) in [6.45, 7) is 13.2. The molecule has 0 saturated carbocycles. The summed E-state index contributed by atoms with van der Waals surface area (Å²) < 4.78 is 20.8. The number of ether oxygens (including phenoxy) is 4. The van der Waals surface area contributed by atoms with E-state index in [1.807, 2.05) is 13.8 Å². The molecule has 0 aromatic rings. The van der Waals surface area contributed by atoms with Gasteiger partial charge in [-0.2, -0.15) is 0 Å². The highest BCUT2D eigenvalue weighted by atomic mass is 16.6. The molecule has 0 aliphatic heterocycles. The first-order valence-corrected chi connectivity index (χ1v) is 17.8. The van der Waals surface area contributed by atoms with Crippen LogP contribution in [-0.4, -0.2) is 50.3 Å². The van der Waals surface area contributed by atoms with Crippen molar-refractivity contribution in [3.63, 3.8) is 0 Å². The zero-order valence-electron chi connectivity index (χ0n) is 29.5. The van der Waals surface area contributed by atoms with Crippen LogP contribution in [0.3, 0.4) is 0 Å². The van der Waals surface area contributed by atoms with E-state index in [0.29, 0.717) is 13.0 Å². The van der Waals surface area contributed by atoms with Gasteiger partial charge in [0.15, 0.2) is 0 Å². The maximum Gasteiger partial charge on any atom is 0.311 e. The molecule has 262 valence electrons. The van der Waals surface area contributed by atoms with Crippen molar-refractivity contribution in [2.45, 2.75) is 163 Å². The Labute approximate surface area is 274 Å². The summed E-state index contributed by atoms with van der Waals surface area (Å²) in [5.74, 6) is -1.85. The predicted octanol–water partition coefficient (Wildman–Crippen LogP) is 9.22. The summed E-state index contributed by atoms with van der Waals surface area (Å²) in [6.07, 6.45) is 22.7. The normalized spacial score (nSPS) is 12.6. The van der Waals surface area contributed by atoms with Crippen molar-refractivity contribution in [2.24, 2.45) is 10.8 Å². The van der Waals surface area contributed by atoms with Crippen LogP contribution in [0.15, 0.2) is 12.7 Å². The second-order valence-electron chi connectivity index (χ2n) is 13.2. The van der Waals surface area contributed by atoms with Gasteiger partial charge in [0.2, 0.25) is 0 Å². The molecule has 0 amide bonds. The van der Waals surface area contributed by atoms with Crippen LogP contribution in [0.5, 0.6) is 0 Å². The molecule has 45 heavy (non-hydrogen) atoms. The van der Waals surface area contributed by atoms with Crippen LogP contribution in [0, 0.1) is 10.8 Å². The van der Waals surface area contributed by atoms with E-state index >= 15 is 0 Å². The molecular weight excluding hydrogens is 572 g/mol. The van der Waals surface area contributed by atoms with Gasteiger partial charge in [-0.3, -0.25) is 19.2 Å². The number of hydrogen-bond acceptors (Lipinski definition) is 8. The van der Waals surface area contributed by atoms with Gasteiger partial charge in [-0.1, -0.05) is 123 Å². The summed E-state index contributed by atoms with van der Waals surface area (Å²) in [7, 11) is 0.